The number of phenolic OH excluding ortho intramolecular Hbond substituents is 1. The molecular weight excluding hydrogens is 370 g/mol. The van der Waals surface area contributed by atoms with E-state index in [1.807, 2.05) is 18.2 Å². The molecule has 0 atom stereocenters. The number of hydrogen-bond acceptors (Lipinski definition) is 5. The zero-order chi connectivity index (χ0) is 18.1. The molecule has 3 N–H and O–H groups in total. The summed E-state index contributed by atoms with van der Waals surface area (Å²) in [6.45, 7) is 0.174. The number of aromatic hydroxyl groups is 1. The standard InChI is InChI=1S/C18H15N3O3S2/c22-14-4-1-3-12(9-14)16-6-7-17(25-16)26(23,24)21-11-13-10-20-18-15(13)5-2-8-19-18/h1-10,21-22H,11H2,(H,19,20). The lowest BCUT2D eigenvalue weighted by atomic mass is 10.2. The van der Waals surface area contributed by atoms with Crippen LogP contribution in [0.1, 0.15) is 5.56 Å². The average Bonchev–Trinajstić information content (AvgIpc) is 3.28. The number of sulfonamides is 1. The SMILES string of the molecule is O=S(=O)(NCc1c[nH]c2ncccc12)c1ccc(-c2cccc(O)c2)s1. The maximum Gasteiger partial charge on any atom is 0.250 e. The van der Waals surface area contributed by atoms with Crippen LogP contribution in [0.25, 0.3) is 21.5 Å². The van der Waals surface area contributed by atoms with Crippen LogP contribution in [0.3, 0.4) is 0 Å². The first-order valence-corrected chi connectivity index (χ1v) is 10.1. The quantitative estimate of drug-likeness (QED) is 0.490. The van der Waals surface area contributed by atoms with Crippen LogP contribution in [-0.4, -0.2) is 23.5 Å². The third kappa shape index (κ3) is 3.22. The number of fused-ring (bicyclic) bond motifs is 1. The average molecular weight is 385 g/mol. The van der Waals surface area contributed by atoms with Crippen molar-refractivity contribution in [1.29, 1.82) is 0 Å². The van der Waals surface area contributed by atoms with Gasteiger partial charge in [0.2, 0.25) is 10.0 Å². The summed E-state index contributed by atoms with van der Waals surface area (Å²) >= 11 is 1.16. The van der Waals surface area contributed by atoms with Crippen molar-refractivity contribution in [3.05, 3.63) is 66.5 Å². The van der Waals surface area contributed by atoms with Crippen LogP contribution in [0.5, 0.6) is 5.75 Å². The summed E-state index contributed by atoms with van der Waals surface area (Å²) in [7, 11) is -3.63. The molecule has 0 spiro atoms. The van der Waals surface area contributed by atoms with Crippen LogP contribution < -0.4 is 4.72 Å². The Hall–Kier alpha value is -2.68. The monoisotopic (exact) mass is 385 g/mol. The number of benzene rings is 1. The Morgan fingerprint density at radius 2 is 2.04 bits per heavy atom. The van der Waals surface area contributed by atoms with Crippen LogP contribution in [0, 0.1) is 0 Å². The molecule has 0 radical (unpaired) electrons. The van der Waals surface area contributed by atoms with Crippen molar-refractivity contribution in [1.82, 2.24) is 14.7 Å². The number of nitrogens with zero attached hydrogens (tertiary/aromatic N) is 1. The van der Waals surface area contributed by atoms with E-state index in [2.05, 4.69) is 14.7 Å². The first-order valence-electron chi connectivity index (χ1n) is 7.83. The van der Waals surface area contributed by atoms with Crippen molar-refractivity contribution in [2.24, 2.45) is 0 Å². The fourth-order valence-electron chi connectivity index (χ4n) is 2.68. The molecule has 0 aliphatic heterocycles. The van der Waals surface area contributed by atoms with Gasteiger partial charge in [0.1, 0.15) is 15.6 Å². The minimum absolute atomic E-state index is 0.145. The van der Waals surface area contributed by atoms with Crippen LogP contribution in [0.15, 0.2) is 65.1 Å². The van der Waals surface area contributed by atoms with E-state index >= 15 is 0 Å². The summed E-state index contributed by atoms with van der Waals surface area (Å²) in [6, 6.07) is 13.8. The zero-order valence-electron chi connectivity index (χ0n) is 13.5. The first kappa shape index (κ1) is 16.8. The Kier molecular flexibility index (Phi) is 4.23. The lowest BCUT2D eigenvalue weighted by molar-refractivity contribution is 0.475. The molecule has 0 fully saturated rings. The molecule has 1 aromatic carbocycles. The van der Waals surface area contributed by atoms with E-state index in [-0.39, 0.29) is 16.5 Å². The molecule has 26 heavy (non-hydrogen) atoms. The van der Waals surface area contributed by atoms with Gasteiger partial charge in [0.05, 0.1) is 0 Å². The molecule has 4 rings (SSSR count). The number of rotatable bonds is 5. The molecule has 0 saturated carbocycles. The summed E-state index contributed by atoms with van der Waals surface area (Å²) in [6.07, 6.45) is 3.44. The van der Waals surface area contributed by atoms with Gasteiger partial charge in [0.25, 0.3) is 0 Å². The molecule has 0 bridgehead atoms. The molecule has 8 heteroatoms. The van der Waals surface area contributed by atoms with Crippen molar-refractivity contribution >= 4 is 32.4 Å². The molecule has 0 unspecified atom stereocenters. The van der Waals surface area contributed by atoms with E-state index in [4.69, 9.17) is 0 Å². The van der Waals surface area contributed by atoms with Gasteiger partial charge in [-0.05, 0) is 47.5 Å². The second-order valence-electron chi connectivity index (χ2n) is 5.71. The third-order valence-corrected chi connectivity index (χ3v) is 6.99. The van der Waals surface area contributed by atoms with Gasteiger partial charge in [-0.25, -0.2) is 18.1 Å². The molecule has 6 nitrogen and oxygen atoms in total. The van der Waals surface area contributed by atoms with Crippen molar-refractivity contribution in [2.75, 3.05) is 0 Å². The first-order chi connectivity index (χ1) is 12.5. The molecule has 0 aliphatic rings. The van der Waals surface area contributed by atoms with Gasteiger partial charge < -0.3 is 10.1 Å². The Balaban J connectivity index is 1.55. The van der Waals surface area contributed by atoms with Gasteiger partial charge in [0.15, 0.2) is 0 Å². The summed E-state index contributed by atoms with van der Waals surface area (Å²) in [5.41, 5.74) is 2.34. The van der Waals surface area contributed by atoms with Crippen LogP contribution in [0.4, 0.5) is 0 Å². The topological polar surface area (TPSA) is 95.1 Å². The molecule has 4 aromatic rings. The van der Waals surface area contributed by atoms with E-state index in [0.29, 0.717) is 0 Å². The highest BCUT2D eigenvalue weighted by atomic mass is 32.2. The van der Waals surface area contributed by atoms with Crippen LogP contribution >= 0.6 is 11.3 Å². The molecule has 0 aliphatic carbocycles. The van der Waals surface area contributed by atoms with Gasteiger partial charge in [-0.2, -0.15) is 0 Å². The number of H-pyrrole nitrogens is 1. The minimum Gasteiger partial charge on any atom is -0.508 e. The van der Waals surface area contributed by atoms with Crippen LogP contribution in [-0.2, 0) is 16.6 Å². The van der Waals surface area contributed by atoms with Gasteiger partial charge >= 0.3 is 0 Å². The smallest absolute Gasteiger partial charge is 0.250 e. The largest absolute Gasteiger partial charge is 0.508 e. The Labute approximate surface area is 154 Å². The fourth-order valence-corrected chi connectivity index (χ4v) is 5.04. The molecule has 0 amide bonds. The number of hydrogen-bond donors (Lipinski definition) is 3. The lowest BCUT2D eigenvalue weighted by Gasteiger charge is -2.04. The predicted molar refractivity (Wildman–Crippen MR) is 102 cm³/mol. The number of pyridine rings is 1. The molecule has 0 saturated heterocycles. The van der Waals surface area contributed by atoms with Gasteiger partial charge in [0, 0.05) is 29.2 Å². The van der Waals surface area contributed by atoms with Gasteiger partial charge in [-0.3, -0.25) is 0 Å². The fraction of sp³-hybridized carbons (Fsp3) is 0.0556. The van der Waals surface area contributed by atoms with E-state index in [1.54, 1.807) is 42.7 Å². The highest BCUT2D eigenvalue weighted by Crippen LogP contribution is 2.32. The maximum atomic E-state index is 12.6. The van der Waals surface area contributed by atoms with E-state index < -0.39 is 10.0 Å². The Bertz CT molecular complexity index is 1180. The number of aromatic nitrogens is 2. The van der Waals surface area contributed by atoms with Crippen LogP contribution in [0.2, 0.25) is 0 Å². The Morgan fingerprint density at radius 1 is 1.15 bits per heavy atom. The van der Waals surface area contributed by atoms with E-state index in [1.165, 1.54) is 0 Å². The second-order valence-corrected chi connectivity index (χ2v) is 8.78. The van der Waals surface area contributed by atoms with Crippen molar-refractivity contribution in [3.63, 3.8) is 0 Å². The highest BCUT2D eigenvalue weighted by Gasteiger charge is 2.18. The number of nitrogens with one attached hydrogen (secondary N) is 2. The minimum atomic E-state index is -3.63. The van der Waals surface area contributed by atoms with Crippen molar-refractivity contribution < 1.29 is 13.5 Å². The molecule has 132 valence electrons. The lowest BCUT2D eigenvalue weighted by Crippen LogP contribution is -2.22. The third-order valence-electron chi connectivity index (χ3n) is 3.97. The van der Waals surface area contributed by atoms with Gasteiger partial charge in [-0.1, -0.05) is 12.1 Å². The van der Waals surface area contributed by atoms with E-state index in [9.17, 15) is 13.5 Å². The van der Waals surface area contributed by atoms with E-state index in [0.717, 1.165) is 38.4 Å². The second kappa shape index (κ2) is 6.56. The molecule has 3 aromatic heterocycles. The Morgan fingerprint density at radius 3 is 2.88 bits per heavy atom. The number of phenols is 1. The van der Waals surface area contributed by atoms with Gasteiger partial charge in [-0.15, -0.1) is 11.3 Å². The maximum absolute atomic E-state index is 12.6. The number of thiophene rings is 1. The van der Waals surface area contributed by atoms with Crippen molar-refractivity contribution in [3.8, 4) is 16.2 Å². The summed E-state index contributed by atoms with van der Waals surface area (Å²) in [5, 5.41) is 10.5. The molecule has 3 heterocycles. The number of aromatic amines is 1. The summed E-state index contributed by atoms with van der Waals surface area (Å²) in [4.78, 5) is 8.00. The van der Waals surface area contributed by atoms with Crippen molar-refractivity contribution in [2.45, 2.75) is 10.8 Å². The summed E-state index contributed by atoms with van der Waals surface area (Å²) < 4.78 is 28.1. The zero-order valence-corrected chi connectivity index (χ0v) is 15.1. The predicted octanol–water partition coefficient (Wildman–Crippen LogP) is 3.48. The highest BCUT2D eigenvalue weighted by molar-refractivity contribution is 7.91. The molecular formula is C18H15N3O3S2. The normalized spacial score (nSPS) is 11.8. The summed E-state index contributed by atoms with van der Waals surface area (Å²) in [5.74, 6) is 0.145.